The number of aliphatic hydroxyl groups excluding tert-OH is 1. The van der Waals surface area contributed by atoms with Crippen molar-refractivity contribution in [3.63, 3.8) is 0 Å². The van der Waals surface area contributed by atoms with E-state index in [4.69, 9.17) is 11.6 Å². The van der Waals surface area contributed by atoms with Crippen LogP contribution in [0.5, 0.6) is 0 Å². The molecular formula is C14H20ClFN2O. The van der Waals surface area contributed by atoms with E-state index in [9.17, 15) is 9.50 Å². The monoisotopic (exact) mass is 286 g/mol. The van der Waals surface area contributed by atoms with Gasteiger partial charge in [0.25, 0.3) is 0 Å². The van der Waals surface area contributed by atoms with E-state index in [1.807, 2.05) is 14.1 Å². The van der Waals surface area contributed by atoms with Crippen LogP contribution in [0.2, 0.25) is 5.02 Å². The summed E-state index contributed by atoms with van der Waals surface area (Å²) >= 11 is 6.08. The number of hydrogen-bond acceptors (Lipinski definition) is 3. The van der Waals surface area contributed by atoms with E-state index in [2.05, 4.69) is 9.80 Å². The zero-order valence-corrected chi connectivity index (χ0v) is 12.1. The number of aliphatic hydroxyl groups is 1. The summed E-state index contributed by atoms with van der Waals surface area (Å²) in [6.45, 7) is 2.66. The van der Waals surface area contributed by atoms with Crippen molar-refractivity contribution in [1.29, 1.82) is 0 Å². The molecule has 1 N–H and O–H groups in total. The fourth-order valence-corrected chi connectivity index (χ4v) is 2.82. The average molecular weight is 287 g/mol. The van der Waals surface area contributed by atoms with Crippen molar-refractivity contribution in [1.82, 2.24) is 9.80 Å². The highest BCUT2D eigenvalue weighted by Gasteiger charge is 2.29. The minimum atomic E-state index is -0.784. The van der Waals surface area contributed by atoms with Gasteiger partial charge in [0.15, 0.2) is 0 Å². The van der Waals surface area contributed by atoms with Crippen LogP contribution in [0.4, 0.5) is 4.39 Å². The molecule has 5 heteroatoms. The zero-order chi connectivity index (χ0) is 14.0. The molecule has 2 unspecified atom stereocenters. The molecule has 0 amide bonds. The number of nitrogens with zero attached hydrogens (tertiary/aromatic N) is 2. The molecule has 1 aromatic rings. The number of likely N-dealkylation sites (N-methyl/N-ethyl adjacent to an activating group) is 2. The predicted molar refractivity (Wildman–Crippen MR) is 74.9 cm³/mol. The average Bonchev–Trinajstić information content (AvgIpc) is 2.53. The van der Waals surface area contributed by atoms with Crippen LogP contribution >= 0.6 is 11.6 Å². The lowest BCUT2D eigenvalue weighted by molar-refractivity contribution is 0.0571. The molecule has 1 aliphatic rings. The largest absolute Gasteiger partial charge is 0.387 e. The van der Waals surface area contributed by atoms with E-state index >= 15 is 0 Å². The lowest BCUT2D eigenvalue weighted by atomic mass is 10.0. The van der Waals surface area contributed by atoms with Gasteiger partial charge in [0.1, 0.15) is 5.82 Å². The Balaban J connectivity index is 2.25. The second kappa shape index (κ2) is 6.18. The van der Waals surface area contributed by atoms with Crippen LogP contribution in [-0.2, 0) is 0 Å². The van der Waals surface area contributed by atoms with Gasteiger partial charge in [-0.2, -0.15) is 0 Å². The summed E-state index contributed by atoms with van der Waals surface area (Å²) in [6, 6.07) is 4.05. The van der Waals surface area contributed by atoms with Crippen LogP contribution in [0.3, 0.4) is 0 Å². The first-order valence-corrected chi connectivity index (χ1v) is 6.88. The Labute approximate surface area is 118 Å². The normalized spacial score (nSPS) is 24.2. The minimum absolute atomic E-state index is 0.0770. The van der Waals surface area contributed by atoms with Crippen molar-refractivity contribution in [2.24, 2.45) is 0 Å². The van der Waals surface area contributed by atoms with E-state index < -0.39 is 6.10 Å². The van der Waals surface area contributed by atoms with E-state index in [-0.39, 0.29) is 11.9 Å². The first kappa shape index (κ1) is 14.7. The minimum Gasteiger partial charge on any atom is -0.387 e. The highest BCUT2D eigenvalue weighted by molar-refractivity contribution is 6.31. The second-order valence-electron chi connectivity index (χ2n) is 5.27. The fourth-order valence-electron chi connectivity index (χ4n) is 2.60. The van der Waals surface area contributed by atoms with Crippen LogP contribution in [0.1, 0.15) is 18.1 Å². The van der Waals surface area contributed by atoms with E-state index in [0.717, 1.165) is 26.1 Å². The molecule has 2 rings (SSSR count). The molecule has 0 bridgehead atoms. The molecule has 1 aliphatic heterocycles. The van der Waals surface area contributed by atoms with Crippen LogP contribution in [-0.4, -0.2) is 54.7 Å². The van der Waals surface area contributed by atoms with E-state index in [0.29, 0.717) is 10.6 Å². The lowest BCUT2D eigenvalue weighted by Crippen LogP contribution is -2.42. The summed E-state index contributed by atoms with van der Waals surface area (Å²) in [5, 5.41) is 11.0. The van der Waals surface area contributed by atoms with Gasteiger partial charge < -0.3 is 10.0 Å². The molecule has 0 spiro atoms. The number of benzene rings is 1. The first-order valence-electron chi connectivity index (χ1n) is 6.51. The van der Waals surface area contributed by atoms with Gasteiger partial charge in [0.05, 0.1) is 12.1 Å². The SMILES string of the molecule is CN1CCCN(C)C(C(O)c2cc(F)ccc2Cl)C1. The van der Waals surface area contributed by atoms with Crippen LogP contribution in [0.15, 0.2) is 18.2 Å². The summed E-state index contributed by atoms with van der Waals surface area (Å²) in [7, 11) is 4.02. The fraction of sp³-hybridized carbons (Fsp3) is 0.571. The van der Waals surface area contributed by atoms with Gasteiger partial charge in [-0.15, -0.1) is 0 Å². The van der Waals surface area contributed by atoms with Gasteiger partial charge in [-0.3, -0.25) is 4.90 Å². The summed E-state index contributed by atoms with van der Waals surface area (Å²) in [4.78, 5) is 4.31. The molecule has 1 heterocycles. The van der Waals surface area contributed by atoms with Crippen LogP contribution in [0.25, 0.3) is 0 Å². The Morgan fingerprint density at radius 3 is 2.84 bits per heavy atom. The third kappa shape index (κ3) is 3.45. The molecular weight excluding hydrogens is 267 g/mol. The molecule has 106 valence electrons. The molecule has 2 atom stereocenters. The maximum Gasteiger partial charge on any atom is 0.123 e. The Kier molecular flexibility index (Phi) is 4.79. The maximum absolute atomic E-state index is 13.3. The van der Waals surface area contributed by atoms with Crippen molar-refractivity contribution in [2.75, 3.05) is 33.7 Å². The first-order chi connectivity index (χ1) is 8.99. The van der Waals surface area contributed by atoms with Gasteiger partial charge in [0, 0.05) is 17.1 Å². The van der Waals surface area contributed by atoms with Gasteiger partial charge in [-0.1, -0.05) is 11.6 Å². The third-order valence-electron chi connectivity index (χ3n) is 3.76. The quantitative estimate of drug-likeness (QED) is 0.902. The Bertz CT molecular complexity index is 443. The van der Waals surface area contributed by atoms with Crippen molar-refractivity contribution in [3.8, 4) is 0 Å². The van der Waals surface area contributed by atoms with Crippen molar-refractivity contribution >= 4 is 11.6 Å². The highest BCUT2D eigenvalue weighted by Crippen LogP contribution is 2.29. The second-order valence-corrected chi connectivity index (χ2v) is 5.68. The van der Waals surface area contributed by atoms with Crippen molar-refractivity contribution in [3.05, 3.63) is 34.6 Å². The van der Waals surface area contributed by atoms with Crippen molar-refractivity contribution in [2.45, 2.75) is 18.6 Å². The summed E-state index contributed by atoms with van der Waals surface area (Å²) < 4.78 is 13.3. The smallest absolute Gasteiger partial charge is 0.123 e. The number of rotatable bonds is 2. The molecule has 0 radical (unpaired) electrons. The standard InChI is InChI=1S/C14H20ClFN2O/c1-17-6-3-7-18(2)13(9-17)14(19)11-8-10(16)4-5-12(11)15/h4-5,8,13-14,19H,3,6-7,9H2,1-2H3. The molecule has 1 aromatic carbocycles. The Morgan fingerprint density at radius 1 is 1.37 bits per heavy atom. The predicted octanol–water partition coefficient (Wildman–Crippen LogP) is 2.15. The third-order valence-corrected chi connectivity index (χ3v) is 4.10. The van der Waals surface area contributed by atoms with E-state index in [1.54, 1.807) is 0 Å². The molecule has 3 nitrogen and oxygen atoms in total. The van der Waals surface area contributed by atoms with Gasteiger partial charge in [0.2, 0.25) is 0 Å². The van der Waals surface area contributed by atoms with Gasteiger partial charge in [-0.05, 0) is 51.8 Å². The van der Waals surface area contributed by atoms with Gasteiger partial charge >= 0.3 is 0 Å². The Morgan fingerprint density at radius 2 is 2.11 bits per heavy atom. The van der Waals surface area contributed by atoms with Crippen LogP contribution < -0.4 is 0 Å². The van der Waals surface area contributed by atoms with Crippen molar-refractivity contribution < 1.29 is 9.50 Å². The molecule has 19 heavy (non-hydrogen) atoms. The molecule has 0 aromatic heterocycles. The lowest BCUT2D eigenvalue weighted by Gasteiger charge is -2.32. The number of halogens is 2. The molecule has 0 saturated carbocycles. The summed E-state index contributed by atoms with van der Waals surface area (Å²) in [6.07, 6.45) is 0.279. The molecule has 1 fully saturated rings. The maximum atomic E-state index is 13.3. The topological polar surface area (TPSA) is 26.7 Å². The van der Waals surface area contributed by atoms with E-state index in [1.165, 1.54) is 18.2 Å². The summed E-state index contributed by atoms with van der Waals surface area (Å²) in [5.74, 6) is -0.372. The summed E-state index contributed by atoms with van der Waals surface area (Å²) in [5.41, 5.74) is 0.466. The molecule has 0 aliphatic carbocycles. The highest BCUT2D eigenvalue weighted by atomic mass is 35.5. The molecule has 1 saturated heterocycles. The number of hydrogen-bond donors (Lipinski definition) is 1. The Hall–Kier alpha value is -0.680. The van der Waals surface area contributed by atoms with Crippen LogP contribution in [0, 0.1) is 5.82 Å². The van der Waals surface area contributed by atoms with Gasteiger partial charge in [-0.25, -0.2) is 4.39 Å². The zero-order valence-electron chi connectivity index (χ0n) is 11.3.